The molecular weight excluding hydrogens is 244 g/mol. The first-order chi connectivity index (χ1) is 9.53. The molecule has 0 amide bonds. The van der Waals surface area contributed by atoms with E-state index in [-0.39, 0.29) is 0 Å². The number of carbonyl (C=O) groups is 1. The van der Waals surface area contributed by atoms with E-state index in [0.29, 0.717) is 22.5 Å². The first-order valence-electron chi connectivity index (χ1n) is 8.77. The van der Waals surface area contributed by atoms with Gasteiger partial charge < -0.3 is 0 Å². The van der Waals surface area contributed by atoms with Crippen molar-refractivity contribution in [3.63, 3.8) is 0 Å². The average molecular weight is 272 g/mol. The van der Waals surface area contributed by atoms with Crippen molar-refractivity contribution in [1.82, 2.24) is 0 Å². The van der Waals surface area contributed by atoms with Crippen LogP contribution in [0.25, 0.3) is 0 Å². The largest absolute Gasteiger partial charge is 0.300 e. The standard InChI is InChI=1S/C19H28O/c1-18-9-3-4-16(18)15-6-5-13-12-14(20)7-11-19(13,2)17(15)8-10-18/h13,16H,3-12H2,1-2H3/t13-,16+,18+,19-/m0/s1. The average Bonchev–Trinajstić information content (AvgIpc) is 2.81. The normalized spacial score (nSPS) is 47.8. The second-order valence-electron chi connectivity index (χ2n) is 8.50. The number of Topliss-reactive ketones (excluding diaryl/α,β-unsaturated/α-hetero) is 1. The van der Waals surface area contributed by atoms with E-state index in [2.05, 4.69) is 13.8 Å². The molecule has 2 saturated carbocycles. The zero-order valence-corrected chi connectivity index (χ0v) is 13.1. The van der Waals surface area contributed by atoms with Crippen molar-refractivity contribution in [2.75, 3.05) is 0 Å². The molecule has 110 valence electrons. The number of hydrogen-bond donors (Lipinski definition) is 0. The number of hydrogen-bond acceptors (Lipinski definition) is 1. The maximum Gasteiger partial charge on any atom is 0.133 e. The Morgan fingerprint density at radius 2 is 1.85 bits per heavy atom. The van der Waals surface area contributed by atoms with E-state index in [1.807, 2.05) is 11.1 Å². The van der Waals surface area contributed by atoms with Crippen LogP contribution < -0.4 is 0 Å². The maximum absolute atomic E-state index is 11.8. The Balaban J connectivity index is 1.75. The lowest BCUT2D eigenvalue weighted by Gasteiger charge is -2.53. The number of rotatable bonds is 0. The van der Waals surface area contributed by atoms with Crippen LogP contribution in [0.4, 0.5) is 0 Å². The van der Waals surface area contributed by atoms with Gasteiger partial charge in [0.15, 0.2) is 0 Å². The van der Waals surface area contributed by atoms with E-state index in [9.17, 15) is 4.79 Å². The minimum absolute atomic E-state index is 0.380. The summed E-state index contributed by atoms with van der Waals surface area (Å²) in [7, 11) is 0. The van der Waals surface area contributed by atoms with Gasteiger partial charge >= 0.3 is 0 Å². The van der Waals surface area contributed by atoms with Crippen LogP contribution in [-0.4, -0.2) is 5.78 Å². The summed E-state index contributed by atoms with van der Waals surface area (Å²) in [5.41, 5.74) is 4.69. The van der Waals surface area contributed by atoms with E-state index in [1.54, 1.807) is 0 Å². The number of carbonyl (C=O) groups excluding carboxylic acids is 1. The van der Waals surface area contributed by atoms with Crippen LogP contribution in [0.5, 0.6) is 0 Å². The van der Waals surface area contributed by atoms with Crippen LogP contribution in [0.15, 0.2) is 11.1 Å². The lowest BCUT2D eigenvalue weighted by Crippen LogP contribution is -2.43. The van der Waals surface area contributed by atoms with Gasteiger partial charge in [-0.3, -0.25) is 4.79 Å². The Bertz CT molecular complexity index is 488. The van der Waals surface area contributed by atoms with Gasteiger partial charge in [0.2, 0.25) is 0 Å². The zero-order chi connectivity index (χ0) is 14.0. The highest BCUT2D eigenvalue weighted by molar-refractivity contribution is 5.80. The number of fused-ring (bicyclic) bond motifs is 4. The predicted molar refractivity (Wildman–Crippen MR) is 81.4 cm³/mol. The van der Waals surface area contributed by atoms with Crippen molar-refractivity contribution >= 4 is 5.78 Å². The summed E-state index contributed by atoms with van der Waals surface area (Å²) in [4.78, 5) is 11.8. The van der Waals surface area contributed by atoms with Gasteiger partial charge in [-0.05, 0) is 67.6 Å². The van der Waals surface area contributed by atoms with Crippen LogP contribution >= 0.6 is 0 Å². The maximum atomic E-state index is 11.8. The van der Waals surface area contributed by atoms with E-state index in [0.717, 1.165) is 25.2 Å². The Labute approximate surface area is 123 Å². The van der Waals surface area contributed by atoms with Crippen LogP contribution in [0.2, 0.25) is 0 Å². The summed E-state index contributed by atoms with van der Waals surface area (Å²) >= 11 is 0. The minimum Gasteiger partial charge on any atom is -0.300 e. The van der Waals surface area contributed by atoms with E-state index >= 15 is 0 Å². The second kappa shape index (κ2) is 4.21. The smallest absolute Gasteiger partial charge is 0.133 e. The van der Waals surface area contributed by atoms with E-state index in [4.69, 9.17) is 0 Å². The Hall–Kier alpha value is -0.590. The molecule has 4 aliphatic rings. The quantitative estimate of drug-likeness (QED) is 0.564. The Morgan fingerprint density at radius 1 is 1.00 bits per heavy atom. The molecule has 0 aliphatic heterocycles. The molecule has 4 atom stereocenters. The lowest BCUT2D eigenvalue weighted by atomic mass is 9.52. The van der Waals surface area contributed by atoms with Crippen molar-refractivity contribution in [1.29, 1.82) is 0 Å². The highest BCUT2D eigenvalue weighted by atomic mass is 16.1. The SMILES string of the molecule is C[C@]12CCC[C@@H]1C1=C(CC2)[C@@]2(C)CCC(=O)C[C@@H]2CC1. The van der Waals surface area contributed by atoms with Gasteiger partial charge in [0.25, 0.3) is 0 Å². The molecule has 0 heterocycles. The Kier molecular flexibility index (Phi) is 2.76. The van der Waals surface area contributed by atoms with Crippen molar-refractivity contribution in [3.8, 4) is 0 Å². The molecule has 20 heavy (non-hydrogen) atoms. The highest BCUT2D eigenvalue weighted by Crippen LogP contribution is 2.63. The van der Waals surface area contributed by atoms with Crippen LogP contribution in [0.3, 0.4) is 0 Å². The summed E-state index contributed by atoms with van der Waals surface area (Å²) in [5, 5.41) is 0. The van der Waals surface area contributed by atoms with Crippen molar-refractivity contribution in [3.05, 3.63) is 11.1 Å². The molecule has 0 aromatic rings. The third-order valence-corrected chi connectivity index (χ3v) is 7.59. The molecule has 4 rings (SSSR count). The fourth-order valence-electron chi connectivity index (χ4n) is 6.24. The summed E-state index contributed by atoms with van der Waals surface area (Å²) in [6, 6.07) is 0. The minimum atomic E-state index is 0.380. The first-order valence-corrected chi connectivity index (χ1v) is 8.77. The van der Waals surface area contributed by atoms with Crippen LogP contribution in [0.1, 0.15) is 78.1 Å². The molecule has 0 N–H and O–H groups in total. The van der Waals surface area contributed by atoms with Crippen molar-refractivity contribution in [2.24, 2.45) is 22.7 Å². The number of ketones is 1. The van der Waals surface area contributed by atoms with Gasteiger partial charge in [0.1, 0.15) is 5.78 Å². The topological polar surface area (TPSA) is 17.1 Å². The molecule has 0 unspecified atom stereocenters. The van der Waals surface area contributed by atoms with Gasteiger partial charge in [-0.1, -0.05) is 31.4 Å². The summed E-state index contributed by atoms with van der Waals surface area (Å²) < 4.78 is 0. The molecule has 2 fully saturated rings. The third-order valence-electron chi connectivity index (χ3n) is 7.59. The molecule has 0 radical (unpaired) electrons. The monoisotopic (exact) mass is 272 g/mol. The van der Waals surface area contributed by atoms with Crippen molar-refractivity contribution < 1.29 is 4.79 Å². The second-order valence-corrected chi connectivity index (χ2v) is 8.50. The van der Waals surface area contributed by atoms with Gasteiger partial charge in [-0.15, -0.1) is 0 Å². The van der Waals surface area contributed by atoms with Crippen LogP contribution in [0, 0.1) is 22.7 Å². The molecule has 0 spiro atoms. The summed E-state index contributed by atoms with van der Waals surface area (Å²) in [6.45, 7) is 5.05. The third kappa shape index (κ3) is 1.64. The highest BCUT2D eigenvalue weighted by Gasteiger charge is 2.51. The first kappa shape index (κ1) is 13.1. The molecule has 0 aromatic heterocycles. The lowest BCUT2D eigenvalue weighted by molar-refractivity contribution is -0.124. The van der Waals surface area contributed by atoms with E-state index < -0.39 is 0 Å². The zero-order valence-electron chi connectivity index (χ0n) is 13.1. The van der Waals surface area contributed by atoms with Crippen molar-refractivity contribution in [2.45, 2.75) is 78.1 Å². The summed E-state index contributed by atoms with van der Waals surface area (Å²) in [6.07, 6.45) is 12.5. The fraction of sp³-hybridized carbons (Fsp3) is 0.842. The van der Waals surface area contributed by atoms with Gasteiger partial charge in [0.05, 0.1) is 0 Å². The molecule has 0 bridgehead atoms. The Morgan fingerprint density at radius 3 is 2.70 bits per heavy atom. The molecule has 0 aromatic carbocycles. The predicted octanol–water partition coefficient (Wildman–Crippen LogP) is 5.05. The molecule has 4 aliphatic carbocycles. The fourth-order valence-corrected chi connectivity index (χ4v) is 6.24. The van der Waals surface area contributed by atoms with Crippen LogP contribution in [-0.2, 0) is 4.79 Å². The molecule has 1 heteroatoms. The van der Waals surface area contributed by atoms with E-state index in [1.165, 1.54) is 44.9 Å². The van der Waals surface area contributed by atoms with Gasteiger partial charge in [0, 0.05) is 12.8 Å². The van der Waals surface area contributed by atoms with Gasteiger partial charge in [-0.25, -0.2) is 0 Å². The number of allylic oxidation sites excluding steroid dienone is 2. The molecular formula is C19H28O. The molecule has 0 saturated heterocycles. The molecule has 1 nitrogen and oxygen atoms in total. The summed E-state index contributed by atoms with van der Waals surface area (Å²) in [5.74, 6) is 2.08. The van der Waals surface area contributed by atoms with Gasteiger partial charge in [-0.2, -0.15) is 0 Å².